The van der Waals surface area contributed by atoms with Gasteiger partial charge < -0.3 is 15.0 Å². The normalized spacial score (nSPS) is 26.2. The summed E-state index contributed by atoms with van der Waals surface area (Å²) in [5, 5.41) is 5.08. The molecule has 1 unspecified atom stereocenters. The van der Waals surface area contributed by atoms with Crippen molar-refractivity contribution in [1.82, 2.24) is 10.3 Å². The standard InChI is InChI=1S/C16H20N2O/c1-2-6-14-12(5-1)13(9-18-14)16(10-19-11-16)15-7-3-4-8-17-15/h1-2,5-6,9,15,17-18H,3-4,7-8,10-11H2. The van der Waals surface area contributed by atoms with Crippen molar-refractivity contribution in [2.24, 2.45) is 0 Å². The first kappa shape index (κ1) is 11.5. The van der Waals surface area contributed by atoms with Gasteiger partial charge in [-0.15, -0.1) is 0 Å². The lowest BCUT2D eigenvalue weighted by Gasteiger charge is -2.49. The Morgan fingerprint density at radius 2 is 2.05 bits per heavy atom. The topological polar surface area (TPSA) is 37.0 Å². The molecule has 3 heteroatoms. The Hall–Kier alpha value is -1.32. The minimum atomic E-state index is 0.181. The average Bonchev–Trinajstić information content (AvgIpc) is 2.84. The number of aromatic amines is 1. The van der Waals surface area contributed by atoms with Crippen LogP contribution >= 0.6 is 0 Å². The first-order valence-corrected chi connectivity index (χ1v) is 7.28. The SMILES string of the molecule is c1ccc2c(C3(C4CCCCN4)COC3)c[nH]c2c1. The lowest BCUT2D eigenvalue weighted by atomic mass is 9.70. The monoisotopic (exact) mass is 256 g/mol. The third-order valence-electron chi connectivity index (χ3n) is 4.82. The van der Waals surface area contributed by atoms with E-state index in [-0.39, 0.29) is 5.41 Å². The zero-order valence-corrected chi connectivity index (χ0v) is 11.1. The number of fused-ring (bicyclic) bond motifs is 1. The van der Waals surface area contributed by atoms with Crippen molar-refractivity contribution in [2.75, 3.05) is 19.8 Å². The molecule has 2 fully saturated rings. The minimum absolute atomic E-state index is 0.181. The van der Waals surface area contributed by atoms with E-state index in [1.165, 1.54) is 35.7 Å². The molecular formula is C16H20N2O. The highest BCUT2D eigenvalue weighted by Gasteiger charge is 2.48. The van der Waals surface area contributed by atoms with E-state index in [4.69, 9.17) is 4.74 Å². The Labute approximate surface area is 113 Å². The van der Waals surface area contributed by atoms with E-state index in [2.05, 4.69) is 40.8 Å². The first-order chi connectivity index (χ1) is 9.40. The number of aromatic nitrogens is 1. The highest BCUT2D eigenvalue weighted by atomic mass is 16.5. The van der Waals surface area contributed by atoms with Crippen LogP contribution in [0.5, 0.6) is 0 Å². The van der Waals surface area contributed by atoms with Crippen LogP contribution in [-0.2, 0) is 10.2 Å². The fourth-order valence-corrected chi connectivity index (χ4v) is 3.67. The van der Waals surface area contributed by atoms with Crippen LogP contribution in [-0.4, -0.2) is 30.8 Å². The summed E-state index contributed by atoms with van der Waals surface area (Å²) < 4.78 is 5.61. The summed E-state index contributed by atoms with van der Waals surface area (Å²) in [6, 6.07) is 9.16. The van der Waals surface area contributed by atoms with Crippen LogP contribution in [0.3, 0.4) is 0 Å². The fraction of sp³-hybridized carbons (Fsp3) is 0.500. The fourth-order valence-electron chi connectivity index (χ4n) is 3.67. The van der Waals surface area contributed by atoms with Gasteiger partial charge in [-0.05, 0) is 31.0 Å². The number of H-pyrrole nitrogens is 1. The summed E-state index contributed by atoms with van der Waals surface area (Å²) in [4.78, 5) is 3.42. The van der Waals surface area contributed by atoms with Gasteiger partial charge in [0.25, 0.3) is 0 Å². The summed E-state index contributed by atoms with van der Waals surface area (Å²) in [5.41, 5.74) is 2.85. The van der Waals surface area contributed by atoms with Gasteiger partial charge in [0.05, 0.1) is 18.6 Å². The van der Waals surface area contributed by atoms with Crippen LogP contribution in [0.1, 0.15) is 24.8 Å². The van der Waals surface area contributed by atoms with Gasteiger partial charge in [-0.25, -0.2) is 0 Å². The lowest BCUT2D eigenvalue weighted by molar-refractivity contribution is -0.0819. The van der Waals surface area contributed by atoms with Crippen LogP contribution in [0.25, 0.3) is 10.9 Å². The highest BCUT2D eigenvalue weighted by Crippen LogP contribution is 2.41. The molecule has 0 amide bonds. The van der Waals surface area contributed by atoms with Crippen LogP contribution < -0.4 is 5.32 Å². The van der Waals surface area contributed by atoms with Crippen LogP contribution in [0.15, 0.2) is 30.5 Å². The van der Waals surface area contributed by atoms with E-state index in [0.29, 0.717) is 6.04 Å². The Kier molecular flexibility index (Phi) is 2.64. The molecule has 1 aromatic carbocycles. The molecule has 0 radical (unpaired) electrons. The maximum Gasteiger partial charge on any atom is 0.0601 e. The van der Waals surface area contributed by atoms with Gasteiger partial charge in [-0.1, -0.05) is 24.6 Å². The molecule has 4 rings (SSSR count). The molecule has 2 aliphatic heterocycles. The van der Waals surface area contributed by atoms with Crippen LogP contribution in [0, 0.1) is 0 Å². The van der Waals surface area contributed by atoms with Gasteiger partial charge >= 0.3 is 0 Å². The molecular weight excluding hydrogens is 236 g/mol. The molecule has 1 atom stereocenters. The molecule has 3 nitrogen and oxygen atoms in total. The van der Waals surface area contributed by atoms with Crippen molar-refractivity contribution < 1.29 is 4.74 Å². The maximum absolute atomic E-state index is 5.61. The Bertz CT molecular complexity index is 579. The zero-order valence-electron chi connectivity index (χ0n) is 11.1. The van der Waals surface area contributed by atoms with E-state index in [0.717, 1.165) is 19.8 Å². The van der Waals surface area contributed by atoms with Crippen molar-refractivity contribution in [3.8, 4) is 0 Å². The van der Waals surface area contributed by atoms with Crippen molar-refractivity contribution >= 4 is 10.9 Å². The van der Waals surface area contributed by atoms with Gasteiger partial charge in [0.1, 0.15) is 0 Å². The zero-order chi connectivity index (χ0) is 12.7. The molecule has 1 aromatic heterocycles. The van der Waals surface area contributed by atoms with Crippen molar-refractivity contribution in [3.05, 3.63) is 36.0 Å². The van der Waals surface area contributed by atoms with Gasteiger partial charge in [0.2, 0.25) is 0 Å². The van der Waals surface area contributed by atoms with Gasteiger partial charge in [-0.2, -0.15) is 0 Å². The Balaban J connectivity index is 1.79. The Morgan fingerprint density at radius 1 is 1.16 bits per heavy atom. The smallest absolute Gasteiger partial charge is 0.0601 e. The summed E-state index contributed by atoms with van der Waals surface area (Å²) in [5.74, 6) is 0. The molecule has 2 saturated heterocycles. The first-order valence-electron chi connectivity index (χ1n) is 7.28. The highest BCUT2D eigenvalue weighted by molar-refractivity contribution is 5.84. The van der Waals surface area contributed by atoms with Crippen LogP contribution in [0.4, 0.5) is 0 Å². The second kappa shape index (κ2) is 4.36. The number of ether oxygens (including phenoxy) is 1. The molecule has 0 saturated carbocycles. The molecule has 19 heavy (non-hydrogen) atoms. The van der Waals surface area contributed by atoms with Crippen molar-refractivity contribution in [1.29, 1.82) is 0 Å². The molecule has 100 valence electrons. The molecule has 0 spiro atoms. The van der Waals surface area contributed by atoms with E-state index in [1.54, 1.807) is 0 Å². The van der Waals surface area contributed by atoms with Gasteiger partial charge in [0, 0.05) is 23.1 Å². The van der Waals surface area contributed by atoms with Crippen molar-refractivity contribution in [3.63, 3.8) is 0 Å². The van der Waals surface area contributed by atoms with E-state index < -0.39 is 0 Å². The molecule has 3 heterocycles. The second-order valence-corrected chi connectivity index (χ2v) is 5.90. The predicted octanol–water partition coefficient (Wildman–Crippen LogP) is 2.58. The number of para-hydroxylation sites is 1. The van der Waals surface area contributed by atoms with Crippen LogP contribution in [0.2, 0.25) is 0 Å². The number of benzene rings is 1. The third kappa shape index (κ3) is 1.65. The molecule has 0 aliphatic carbocycles. The number of piperidine rings is 1. The Morgan fingerprint density at radius 3 is 2.79 bits per heavy atom. The van der Waals surface area contributed by atoms with Crippen molar-refractivity contribution in [2.45, 2.75) is 30.7 Å². The average molecular weight is 256 g/mol. The molecule has 0 bridgehead atoms. The predicted molar refractivity (Wildman–Crippen MR) is 76.4 cm³/mol. The molecule has 2 aliphatic rings. The quantitative estimate of drug-likeness (QED) is 0.866. The summed E-state index contributed by atoms with van der Waals surface area (Å²) in [7, 11) is 0. The van der Waals surface area contributed by atoms with Gasteiger partial charge in [-0.3, -0.25) is 0 Å². The van der Waals surface area contributed by atoms with E-state index in [9.17, 15) is 0 Å². The number of hydrogen-bond donors (Lipinski definition) is 2. The summed E-state index contributed by atoms with van der Waals surface area (Å²) in [6.45, 7) is 2.85. The number of nitrogens with one attached hydrogen (secondary N) is 2. The van der Waals surface area contributed by atoms with Gasteiger partial charge in [0.15, 0.2) is 0 Å². The maximum atomic E-state index is 5.61. The summed E-state index contributed by atoms with van der Waals surface area (Å²) in [6.07, 6.45) is 6.11. The largest absolute Gasteiger partial charge is 0.379 e. The lowest BCUT2D eigenvalue weighted by Crippen LogP contribution is -2.61. The van der Waals surface area contributed by atoms with E-state index in [1.807, 2.05) is 0 Å². The third-order valence-corrected chi connectivity index (χ3v) is 4.82. The summed E-state index contributed by atoms with van der Waals surface area (Å²) >= 11 is 0. The number of rotatable bonds is 2. The molecule has 2 N–H and O–H groups in total. The van der Waals surface area contributed by atoms with E-state index >= 15 is 0 Å². The molecule has 2 aromatic rings. The second-order valence-electron chi connectivity index (χ2n) is 5.90. The minimum Gasteiger partial charge on any atom is -0.379 e. The number of hydrogen-bond acceptors (Lipinski definition) is 2.